The van der Waals surface area contributed by atoms with Crippen LogP contribution >= 0.6 is 0 Å². The van der Waals surface area contributed by atoms with Crippen molar-refractivity contribution in [1.29, 1.82) is 0 Å². The fourth-order valence-electron chi connectivity index (χ4n) is 3.35. The van der Waals surface area contributed by atoms with Crippen molar-refractivity contribution in [3.05, 3.63) is 0 Å². The van der Waals surface area contributed by atoms with Crippen LogP contribution in [-0.2, 0) is 48.2 Å². The molecule has 0 unspecified atom stereocenters. The number of carboxylic acid groups (broad SMARTS) is 4. The van der Waals surface area contributed by atoms with Crippen molar-refractivity contribution in [2.45, 2.75) is 89.1 Å². The van der Waals surface area contributed by atoms with Gasteiger partial charge in [0.25, 0.3) is 0 Å². The van der Waals surface area contributed by atoms with Crippen molar-refractivity contribution in [2.24, 2.45) is 11.5 Å². The van der Waals surface area contributed by atoms with Crippen LogP contribution in [0.5, 0.6) is 0 Å². The molecule has 0 radical (unpaired) electrons. The van der Waals surface area contributed by atoms with Crippen molar-refractivity contribution < 1.29 is 68.7 Å². The number of nitrogens with zero attached hydrogens (tertiary/aromatic N) is 2. The molecule has 0 bridgehead atoms. The van der Waals surface area contributed by atoms with Crippen LogP contribution < -0.4 is 21.7 Å². The van der Waals surface area contributed by atoms with Gasteiger partial charge in [-0.1, -0.05) is 0 Å². The van der Waals surface area contributed by atoms with Gasteiger partial charge in [0.15, 0.2) is 0 Å². The third-order valence-electron chi connectivity index (χ3n) is 6.45. The van der Waals surface area contributed by atoms with Crippen LogP contribution in [0.3, 0.4) is 0 Å². The minimum absolute atomic E-state index is 0. The summed E-state index contributed by atoms with van der Waals surface area (Å²) in [5.74, 6) is -5.95. The van der Waals surface area contributed by atoms with Crippen LogP contribution in [0.2, 0.25) is 0 Å². The van der Waals surface area contributed by atoms with E-state index >= 15 is 0 Å². The van der Waals surface area contributed by atoms with Gasteiger partial charge in [0.05, 0.1) is 35.9 Å². The van der Waals surface area contributed by atoms with Crippen molar-refractivity contribution in [3.63, 3.8) is 0 Å². The van der Waals surface area contributed by atoms with Crippen molar-refractivity contribution >= 4 is 35.7 Å². The van der Waals surface area contributed by atoms with Crippen LogP contribution in [0.15, 0.2) is 0 Å². The van der Waals surface area contributed by atoms with E-state index in [0.29, 0.717) is 38.8 Å². The minimum Gasteiger partial charge on any atom is -0.548 e. The van der Waals surface area contributed by atoms with Crippen LogP contribution in [0, 0.1) is 0 Å². The Kier molecular flexibility index (Phi) is 21.3. The van der Waals surface area contributed by atoms with E-state index in [-0.39, 0.29) is 58.0 Å². The van der Waals surface area contributed by atoms with E-state index < -0.39 is 46.8 Å². The molecule has 39 heavy (non-hydrogen) atoms. The van der Waals surface area contributed by atoms with Crippen molar-refractivity contribution in [2.75, 3.05) is 27.2 Å². The summed E-state index contributed by atoms with van der Waals surface area (Å²) < 4.78 is 0. The first-order valence-electron chi connectivity index (χ1n) is 12.3. The Hall–Kier alpha value is -2.64. The van der Waals surface area contributed by atoms with Gasteiger partial charge < -0.3 is 51.3 Å². The van der Waals surface area contributed by atoms with Crippen LogP contribution in [0.1, 0.15) is 78.1 Å². The molecule has 0 aliphatic carbocycles. The second-order valence-electron chi connectivity index (χ2n) is 9.31. The molecule has 0 saturated heterocycles. The number of unbranched alkanes of at least 4 members (excludes halogenated alkanes) is 2. The van der Waals surface area contributed by atoms with Gasteiger partial charge in [-0.15, -0.1) is 0 Å². The summed E-state index contributed by atoms with van der Waals surface area (Å²) in [6, 6.07) is 0. The Morgan fingerprint density at radius 2 is 0.923 bits per heavy atom. The maximum Gasteiger partial charge on any atom is 2.00 e. The smallest absolute Gasteiger partial charge is 0.548 e. The molecule has 2 amide bonds. The molecule has 14 nitrogen and oxygen atoms in total. The Bertz CT molecular complexity index is 763. The molecule has 0 heterocycles. The Morgan fingerprint density at radius 3 is 1.13 bits per heavy atom. The SMILES string of the molecule is CN(C(=O)CCC(=O)O)[C@@](C)(CCCCN)C(=O)[O-].CN(C(=O)CCC(=O)O)[C@@](C)(CCCCN)C(=O)[O-].[Zn+2]. The number of amides is 2. The molecule has 0 aliphatic heterocycles. The first kappa shape index (κ1) is 40.9. The molecule has 0 aromatic rings. The Balaban J connectivity index is -0.000000648. The van der Waals surface area contributed by atoms with Gasteiger partial charge in [-0.2, -0.15) is 0 Å². The Labute approximate surface area is 241 Å². The number of hydrogen-bond acceptors (Lipinski definition) is 10. The quantitative estimate of drug-likeness (QED) is 0.0960. The topological polar surface area (TPSA) is 248 Å². The number of likely N-dealkylation sites (N-methyl/N-ethyl adjacent to an activating group) is 2. The van der Waals surface area contributed by atoms with Crippen LogP contribution in [0.25, 0.3) is 0 Å². The standard InChI is InChI=1S/2C12H22N2O5.Zn/c2*1-12(11(18)19,7-3-4-8-13)14(2)9(15)5-6-10(16)17;/h2*3-8,13H2,1-2H3,(H,16,17)(H,18,19);/q;;+2/p-2/t2*12-;/m00./s1. The van der Waals surface area contributed by atoms with E-state index in [2.05, 4.69) is 0 Å². The number of hydrogen-bond donors (Lipinski definition) is 4. The zero-order valence-corrected chi connectivity index (χ0v) is 26.4. The molecule has 0 aliphatic rings. The van der Waals surface area contributed by atoms with E-state index in [1.54, 1.807) is 0 Å². The largest absolute Gasteiger partial charge is 2.00 e. The van der Waals surface area contributed by atoms with E-state index in [1.807, 2.05) is 0 Å². The molecule has 220 valence electrons. The van der Waals surface area contributed by atoms with E-state index in [9.17, 15) is 39.0 Å². The zero-order valence-electron chi connectivity index (χ0n) is 23.4. The van der Waals surface area contributed by atoms with Gasteiger partial charge in [-0.3, -0.25) is 19.2 Å². The Morgan fingerprint density at radius 1 is 0.641 bits per heavy atom. The molecule has 0 aromatic heterocycles. The second-order valence-corrected chi connectivity index (χ2v) is 9.31. The fourth-order valence-corrected chi connectivity index (χ4v) is 3.35. The molecular formula is C24H42N4O10Zn. The van der Waals surface area contributed by atoms with E-state index in [4.69, 9.17) is 21.7 Å². The van der Waals surface area contributed by atoms with Gasteiger partial charge in [0.1, 0.15) is 0 Å². The average Bonchev–Trinajstić information content (AvgIpc) is 2.84. The summed E-state index contributed by atoms with van der Waals surface area (Å²) in [5, 5.41) is 39.5. The first-order chi connectivity index (χ1) is 17.5. The van der Waals surface area contributed by atoms with Gasteiger partial charge in [-0.05, 0) is 65.5 Å². The molecule has 0 rings (SSSR count). The average molecular weight is 612 g/mol. The van der Waals surface area contributed by atoms with E-state index in [0.717, 1.165) is 9.80 Å². The summed E-state index contributed by atoms with van der Waals surface area (Å²) >= 11 is 0. The summed E-state index contributed by atoms with van der Waals surface area (Å²) in [6.45, 7) is 3.69. The van der Waals surface area contributed by atoms with Gasteiger partial charge in [0.2, 0.25) is 11.8 Å². The van der Waals surface area contributed by atoms with Crippen LogP contribution in [-0.4, -0.2) is 94.0 Å². The van der Waals surface area contributed by atoms with E-state index in [1.165, 1.54) is 27.9 Å². The molecule has 6 N–H and O–H groups in total. The number of carboxylic acids is 4. The number of carbonyl (C=O) groups is 6. The molecule has 0 aromatic carbocycles. The molecule has 15 heteroatoms. The fraction of sp³-hybridized carbons (Fsp3) is 0.750. The number of carbonyl (C=O) groups excluding carboxylic acids is 4. The predicted octanol–water partition coefficient (Wildman–Crippen LogP) is -2.11. The van der Waals surface area contributed by atoms with Gasteiger partial charge >= 0.3 is 31.4 Å². The monoisotopic (exact) mass is 610 g/mol. The maximum atomic E-state index is 11.8. The van der Waals surface area contributed by atoms with Gasteiger partial charge in [-0.25, -0.2) is 0 Å². The number of aliphatic carboxylic acids is 4. The molecule has 2 atom stereocenters. The summed E-state index contributed by atoms with van der Waals surface area (Å²) in [5.41, 5.74) is 7.80. The maximum absolute atomic E-state index is 11.8. The molecule has 0 spiro atoms. The summed E-state index contributed by atoms with van der Waals surface area (Å²) in [7, 11) is 2.70. The second kappa shape index (κ2) is 20.3. The minimum atomic E-state index is -1.44. The zero-order chi connectivity index (χ0) is 30.1. The predicted molar refractivity (Wildman–Crippen MR) is 132 cm³/mol. The normalized spacial score (nSPS) is 13.3. The molecule has 0 saturated carbocycles. The molecule has 0 fully saturated rings. The van der Waals surface area contributed by atoms with Crippen molar-refractivity contribution in [1.82, 2.24) is 9.80 Å². The first-order valence-corrected chi connectivity index (χ1v) is 12.3. The third kappa shape index (κ3) is 14.9. The van der Waals surface area contributed by atoms with Crippen LogP contribution in [0.4, 0.5) is 0 Å². The van der Waals surface area contributed by atoms with Crippen molar-refractivity contribution in [3.8, 4) is 0 Å². The number of nitrogens with two attached hydrogens (primary N) is 2. The van der Waals surface area contributed by atoms with Gasteiger partial charge in [0, 0.05) is 26.9 Å². The summed E-state index contributed by atoms with van der Waals surface area (Å²) in [6.07, 6.45) is 1.75. The number of rotatable bonds is 18. The third-order valence-corrected chi connectivity index (χ3v) is 6.45. The molecular weight excluding hydrogens is 570 g/mol. The summed E-state index contributed by atoms with van der Waals surface area (Å²) in [4.78, 5) is 69.0.